The largest absolute Gasteiger partial charge is 0.496 e. The number of benzene rings is 2. The van der Waals surface area contributed by atoms with Crippen LogP contribution in [-0.2, 0) is 17.6 Å². The number of aromatic nitrogens is 3. The predicted octanol–water partition coefficient (Wildman–Crippen LogP) is 2.85. The van der Waals surface area contributed by atoms with Crippen molar-refractivity contribution in [3.05, 3.63) is 71.8 Å². The van der Waals surface area contributed by atoms with E-state index in [1.807, 2.05) is 47.0 Å². The van der Waals surface area contributed by atoms with Gasteiger partial charge in [-0.25, -0.2) is 4.79 Å². The lowest BCUT2D eigenvalue weighted by Crippen LogP contribution is -2.10. The first-order valence-electron chi connectivity index (χ1n) is 7.93. The minimum Gasteiger partial charge on any atom is -0.496 e. The van der Waals surface area contributed by atoms with E-state index in [1.165, 1.54) is 14.2 Å². The topological polar surface area (TPSA) is 66.2 Å². The first kappa shape index (κ1) is 16.7. The Kier molecular flexibility index (Phi) is 5.09. The van der Waals surface area contributed by atoms with Gasteiger partial charge in [0.25, 0.3) is 0 Å². The van der Waals surface area contributed by atoms with Crippen molar-refractivity contribution in [3.63, 3.8) is 0 Å². The summed E-state index contributed by atoms with van der Waals surface area (Å²) in [5.41, 5.74) is 2.31. The molecule has 0 aliphatic heterocycles. The van der Waals surface area contributed by atoms with Crippen LogP contribution in [0, 0.1) is 0 Å². The fraction of sp³-hybridized carbons (Fsp3) is 0.211. The molecular formula is C19H19N3O3. The first-order valence-corrected chi connectivity index (χ1v) is 7.93. The van der Waals surface area contributed by atoms with E-state index in [4.69, 9.17) is 9.47 Å². The molecule has 25 heavy (non-hydrogen) atoms. The molecule has 6 nitrogen and oxygen atoms in total. The Morgan fingerprint density at radius 1 is 1.04 bits per heavy atom. The molecule has 0 fully saturated rings. The van der Waals surface area contributed by atoms with E-state index >= 15 is 0 Å². The van der Waals surface area contributed by atoms with Gasteiger partial charge in [0.1, 0.15) is 23.5 Å². The van der Waals surface area contributed by atoms with Gasteiger partial charge in [-0.1, -0.05) is 30.3 Å². The smallest absolute Gasteiger partial charge is 0.341 e. The number of esters is 1. The number of carbonyl (C=O) groups excluding carboxylic acids is 1. The van der Waals surface area contributed by atoms with Crippen LogP contribution in [0.4, 0.5) is 0 Å². The molecule has 0 amide bonds. The SMILES string of the molecule is COC(=O)c1c(CCc2nncn2-c2ccccc2)cccc1OC. The molecule has 0 saturated heterocycles. The van der Waals surface area contributed by atoms with E-state index in [9.17, 15) is 4.79 Å². The minimum absolute atomic E-state index is 0.406. The van der Waals surface area contributed by atoms with Gasteiger partial charge in [-0.15, -0.1) is 10.2 Å². The zero-order chi connectivity index (χ0) is 17.6. The van der Waals surface area contributed by atoms with Crippen LogP contribution in [0.5, 0.6) is 5.75 Å². The monoisotopic (exact) mass is 337 g/mol. The number of methoxy groups -OCH3 is 2. The van der Waals surface area contributed by atoms with E-state index in [0.29, 0.717) is 24.2 Å². The molecule has 0 bridgehead atoms. The third kappa shape index (κ3) is 3.52. The second-order valence-electron chi connectivity index (χ2n) is 5.44. The fourth-order valence-corrected chi connectivity index (χ4v) is 2.77. The molecule has 6 heteroatoms. The average Bonchev–Trinajstić information content (AvgIpc) is 3.14. The Morgan fingerprint density at radius 2 is 1.84 bits per heavy atom. The van der Waals surface area contributed by atoms with Crippen molar-refractivity contribution in [3.8, 4) is 11.4 Å². The summed E-state index contributed by atoms with van der Waals surface area (Å²) in [5.74, 6) is 0.927. The summed E-state index contributed by atoms with van der Waals surface area (Å²) in [6.45, 7) is 0. The summed E-state index contributed by atoms with van der Waals surface area (Å²) in [4.78, 5) is 12.1. The molecule has 0 radical (unpaired) electrons. The number of ether oxygens (including phenoxy) is 2. The van der Waals surface area contributed by atoms with Crippen LogP contribution < -0.4 is 4.74 Å². The van der Waals surface area contributed by atoms with E-state index in [2.05, 4.69) is 10.2 Å². The second kappa shape index (κ2) is 7.61. The van der Waals surface area contributed by atoms with E-state index in [0.717, 1.165) is 17.1 Å². The van der Waals surface area contributed by atoms with Crippen LogP contribution >= 0.6 is 0 Å². The number of hydrogen-bond donors (Lipinski definition) is 0. The van der Waals surface area contributed by atoms with Gasteiger partial charge in [0.05, 0.1) is 14.2 Å². The quantitative estimate of drug-likeness (QED) is 0.647. The third-order valence-corrected chi connectivity index (χ3v) is 3.99. The van der Waals surface area contributed by atoms with Crippen molar-refractivity contribution < 1.29 is 14.3 Å². The van der Waals surface area contributed by atoms with Crippen LogP contribution in [0.2, 0.25) is 0 Å². The maximum absolute atomic E-state index is 12.1. The van der Waals surface area contributed by atoms with Crippen LogP contribution in [0.1, 0.15) is 21.7 Å². The van der Waals surface area contributed by atoms with Gasteiger partial charge in [-0.2, -0.15) is 0 Å². The Balaban J connectivity index is 1.86. The molecule has 3 rings (SSSR count). The highest BCUT2D eigenvalue weighted by Crippen LogP contribution is 2.24. The molecule has 2 aromatic carbocycles. The van der Waals surface area contributed by atoms with Gasteiger partial charge in [-0.3, -0.25) is 4.57 Å². The molecule has 0 aliphatic carbocycles. The van der Waals surface area contributed by atoms with Crippen molar-refractivity contribution in [2.75, 3.05) is 14.2 Å². The van der Waals surface area contributed by atoms with Gasteiger partial charge in [0.2, 0.25) is 0 Å². The number of hydrogen-bond acceptors (Lipinski definition) is 5. The first-order chi connectivity index (χ1) is 12.2. The van der Waals surface area contributed by atoms with Gasteiger partial charge in [-0.05, 0) is 30.2 Å². The fourth-order valence-electron chi connectivity index (χ4n) is 2.77. The summed E-state index contributed by atoms with van der Waals surface area (Å²) >= 11 is 0. The van der Waals surface area contributed by atoms with E-state index in [1.54, 1.807) is 12.4 Å². The standard InChI is InChI=1S/C19H19N3O3/c1-24-16-10-6-7-14(18(16)19(23)25-2)11-12-17-21-20-13-22(17)15-8-4-3-5-9-15/h3-10,13H,11-12H2,1-2H3. The number of rotatable bonds is 6. The highest BCUT2D eigenvalue weighted by molar-refractivity contribution is 5.94. The molecule has 0 saturated carbocycles. The van der Waals surface area contributed by atoms with Gasteiger partial charge in [0, 0.05) is 12.1 Å². The molecular weight excluding hydrogens is 318 g/mol. The Hall–Kier alpha value is -3.15. The molecule has 0 atom stereocenters. The lowest BCUT2D eigenvalue weighted by molar-refractivity contribution is 0.0595. The summed E-state index contributed by atoms with van der Waals surface area (Å²) < 4.78 is 12.1. The molecule has 128 valence electrons. The normalized spacial score (nSPS) is 10.5. The highest BCUT2D eigenvalue weighted by Gasteiger charge is 2.18. The number of para-hydroxylation sites is 1. The van der Waals surface area contributed by atoms with Crippen molar-refractivity contribution in [2.45, 2.75) is 12.8 Å². The number of carbonyl (C=O) groups is 1. The molecule has 3 aromatic rings. The zero-order valence-electron chi connectivity index (χ0n) is 14.2. The van der Waals surface area contributed by atoms with E-state index < -0.39 is 5.97 Å². The number of aryl methyl sites for hydroxylation is 2. The molecule has 0 N–H and O–H groups in total. The van der Waals surface area contributed by atoms with Crippen molar-refractivity contribution in [2.24, 2.45) is 0 Å². The Bertz CT molecular complexity index is 859. The molecule has 0 aliphatic rings. The maximum Gasteiger partial charge on any atom is 0.341 e. The zero-order valence-corrected chi connectivity index (χ0v) is 14.2. The highest BCUT2D eigenvalue weighted by atomic mass is 16.5. The third-order valence-electron chi connectivity index (χ3n) is 3.99. The lowest BCUT2D eigenvalue weighted by atomic mass is 10.0. The Labute approximate surface area is 146 Å². The van der Waals surface area contributed by atoms with Crippen molar-refractivity contribution in [1.82, 2.24) is 14.8 Å². The molecule has 0 spiro atoms. The van der Waals surface area contributed by atoms with Crippen LogP contribution in [0.25, 0.3) is 5.69 Å². The Morgan fingerprint density at radius 3 is 2.56 bits per heavy atom. The van der Waals surface area contributed by atoms with Crippen molar-refractivity contribution in [1.29, 1.82) is 0 Å². The summed E-state index contributed by atoms with van der Waals surface area (Å²) in [5, 5.41) is 8.23. The lowest BCUT2D eigenvalue weighted by Gasteiger charge is -2.12. The molecule has 1 aromatic heterocycles. The number of nitrogens with zero attached hydrogens (tertiary/aromatic N) is 3. The van der Waals surface area contributed by atoms with Gasteiger partial charge in [0.15, 0.2) is 0 Å². The van der Waals surface area contributed by atoms with Crippen LogP contribution in [-0.4, -0.2) is 35.0 Å². The summed E-state index contributed by atoms with van der Waals surface area (Å²) in [6, 6.07) is 15.4. The maximum atomic E-state index is 12.1. The predicted molar refractivity (Wildman–Crippen MR) is 93.1 cm³/mol. The minimum atomic E-state index is -0.406. The summed E-state index contributed by atoms with van der Waals surface area (Å²) in [7, 11) is 2.90. The van der Waals surface area contributed by atoms with Gasteiger partial charge < -0.3 is 9.47 Å². The average molecular weight is 337 g/mol. The summed E-state index contributed by atoms with van der Waals surface area (Å²) in [6.07, 6.45) is 2.94. The second-order valence-corrected chi connectivity index (χ2v) is 5.44. The van der Waals surface area contributed by atoms with Crippen LogP contribution in [0.15, 0.2) is 54.9 Å². The molecule has 1 heterocycles. The molecule has 0 unspecified atom stereocenters. The van der Waals surface area contributed by atoms with Crippen LogP contribution in [0.3, 0.4) is 0 Å². The van der Waals surface area contributed by atoms with Crippen molar-refractivity contribution >= 4 is 5.97 Å². The van der Waals surface area contributed by atoms with E-state index in [-0.39, 0.29) is 0 Å². The van der Waals surface area contributed by atoms with Gasteiger partial charge >= 0.3 is 5.97 Å².